The van der Waals surface area contributed by atoms with Gasteiger partial charge >= 0.3 is 18.3 Å². The summed E-state index contributed by atoms with van der Waals surface area (Å²) in [5.41, 5.74) is -6.83. The van der Waals surface area contributed by atoms with E-state index >= 15 is 0 Å². The van der Waals surface area contributed by atoms with Crippen molar-refractivity contribution in [2.75, 3.05) is 6.61 Å². The van der Waals surface area contributed by atoms with Gasteiger partial charge in [-0.1, -0.05) is 32.4 Å². The van der Waals surface area contributed by atoms with Crippen molar-refractivity contribution in [3.05, 3.63) is 11.6 Å². The molecule has 0 aliphatic carbocycles. The van der Waals surface area contributed by atoms with Gasteiger partial charge in [0.25, 0.3) is 5.60 Å². The lowest BCUT2D eigenvalue weighted by Crippen LogP contribution is -2.60. The van der Waals surface area contributed by atoms with Gasteiger partial charge in [-0.15, -0.1) is 0 Å². The second-order valence-corrected chi connectivity index (χ2v) is 7.11. The fourth-order valence-corrected chi connectivity index (χ4v) is 1.80. The monoisotopic (exact) mass is 364 g/mol. The third-order valence-corrected chi connectivity index (χ3v) is 3.91. The Kier molecular flexibility index (Phi) is 6.23. The van der Waals surface area contributed by atoms with E-state index in [1.807, 2.05) is 0 Å². The number of halogens is 6. The van der Waals surface area contributed by atoms with Crippen molar-refractivity contribution in [2.45, 2.75) is 59.5 Å². The SMILES string of the molecule is CC(C)=CC(C)(C(=O)OCC(O)(C(F)(F)F)C(F)(F)F)C(C)(C)C. The average Bonchev–Trinajstić information content (AvgIpc) is 2.29. The summed E-state index contributed by atoms with van der Waals surface area (Å²) >= 11 is 0. The molecule has 0 spiro atoms. The van der Waals surface area contributed by atoms with E-state index in [-0.39, 0.29) is 0 Å². The molecule has 3 nitrogen and oxygen atoms in total. The van der Waals surface area contributed by atoms with Gasteiger partial charge in [-0.2, -0.15) is 26.3 Å². The van der Waals surface area contributed by atoms with E-state index in [4.69, 9.17) is 5.11 Å². The molecule has 0 heterocycles. The molecule has 0 radical (unpaired) electrons. The van der Waals surface area contributed by atoms with E-state index in [9.17, 15) is 31.1 Å². The molecule has 1 unspecified atom stereocenters. The first-order valence-electron chi connectivity index (χ1n) is 6.99. The number of hydrogen-bond acceptors (Lipinski definition) is 3. The smallest absolute Gasteiger partial charge is 0.429 e. The normalized spacial score (nSPS) is 16.4. The van der Waals surface area contributed by atoms with E-state index in [2.05, 4.69) is 4.74 Å². The van der Waals surface area contributed by atoms with Gasteiger partial charge in [0.2, 0.25) is 0 Å². The molecule has 0 bridgehead atoms. The van der Waals surface area contributed by atoms with Crippen LogP contribution in [-0.2, 0) is 9.53 Å². The Morgan fingerprint density at radius 2 is 1.33 bits per heavy atom. The molecule has 24 heavy (non-hydrogen) atoms. The summed E-state index contributed by atoms with van der Waals surface area (Å²) in [7, 11) is 0. The average molecular weight is 364 g/mol. The zero-order valence-corrected chi connectivity index (χ0v) is 14.3. The van der Waals surface area contributed by atoms with Crippen LogP contribution in [0.15, 0.2) is 11.6 Å². The van der Waals surface area contributed by atoms with Crippen molar-refractivity contribution in [2.24, 2.45) is 10.8 Å². The van der Waals surface area contributed by atoms with Crippen molar-refractivity contribution in [1.82, 2.24) is 0 Å². The molecule has 0 saturated carbocycles. The van der Waals surface area contributed by atoms with Crippen LogP contribution in [0, 0.1) is 10.8 Å². The predicted molar refractivity (Wildman–Crippen MR) is 75.0 cm³/mol. The summed E-state index contributed by atoms with van der Waals surface area (Å²) in [6.45, 7) is 7.11. The lowest BCUT2D eigenvalue weighted by molar-refractivity contribution is -0.375. The van der Waals surface area contributed by atoms with Crippen LogP contribution >= 0.6 is 0 Å². The standard InChI is InChI=1S/C15H22F6O3/c1-9(2)7-12(6,11(3,4)5)10(22)24-8-13(23,14(16,17)18)15(19,20)21/h7,23H,8H2,1-6H3. The number of ether oxygens (including phenoxy) is 1. The van der Waals surface area contributed by atoms with Crippen LogP contribution in [0.5, 0.6) is 0 Å². The summed E-state index contributed by atoms with van der Waals surface area (Å²) in [6, 6.07) is 0. The highest BCUT2D eigenvalue weighted by atomic mass is 19.4. The van der Waals surface area contributed by atoms with Gasteiger partial charge < -0.3 is 9.84 Å². The Balaban J connectivity index is 5.68. The first kappa shape index (κ1) is 22.8. The summed E-state index contributed by atoms with van der Waals surface area (Å²) < 4.78 is 80.0. The van der Waals surface area contributed by atoms with Crippen molar-refractivity contribution in [3.8, 4) is 0 Å². The lowest BCUT2D eigenvalue weighted by Gasteiger charge is -2.39. The Bertz CT molecular complexity index is 481. The molecule has 1 N–H and O–H groups in total. The minimum Gasteiger partial charge on any atom is -0.461 e. The molecule has 0 fully saturated rings. The van der Waals surface area contributed by atoms with Crippen molar-refractivity contribution in [3.63, 3.8) is 0 Å². The molecule has 0 amide bonds. The second-order valence-electron chi connectivity index (χ2n) is 7.11. The molecule has 0 aromatic rings. The van der Waals surface area contributed by atoms with E-state index in [1.54, 1.807) is 34.6 Å². The molecule has 0 aliphatic rings. The van der Waals surface area contributed by atoms with Crippen LogP contribution < -0.4 is 0 Å². The maximum absolute atomic E-state index is 12.6. The number of alkyl halides is 6. The molecule has 0 aromatic heterocycles. The second kappa shape index (κ2) is 6.57. The minimum absolute atomic E-state index is 0.631. The van der Waals surface area contributed by atoms with Gasteiger partial charge in [-0.3, -0.25) is 4.79 Å². The van der Waals surface area contributed by atoms with Gasteiger partial charge in [0.05, 0.1) is 5.41 Å². The highest BCUT2D eigenvalue weighted by molar-refractivity contribution is 5.80. The summed E-state index contributed by atoms with van der Waals surface area (Å²) in [6.07, 6.45) is -10.7. The maximum atomic E-state index is 12.6. The van der Waals surface area contributed by atoms with Gasteiger partial charge in [0, 0.05) is 0 Å². The van der Waals surface area contributed by atoms with E-state index < -0.39 is 41.4 Å². The van der Waals surface area contributed by atoms with Gasteiger partial charge in [-0.05, 0) is 26.2 Å². The Morgan fingerprint density at radius 3 is 1.58 bits per heavy atom. The Labute approximate surface area is 136 Å². The maximum Gasteiger partial charge on any atom is 0.429 e. The van der Waals surface area contributed by atoms with E-state index in [0.29, 0.717) is 5.57 Å². The predicted octanol–water partition coefficient (Wildman–Crippen LogP) is 4.40. The molecule has 0 rings (SSSR count). The van der Waals surface area contributed by atoms with Crippen molar-refractivity contribution < 1.29 is 41.0 Å². The summed E-state index contributed by atoms with van der Waals surface area (Å²) in [4.78, 5) is 12.2. The molecule has 0 aromatic carbocycles. The molecular weight excluding hydrogens is 342 g/mol. The molecule has 0 saturated heterocycles. The Hall–Kier alpha value is -1.25. The number of carbonyl (C=O) groups excluding carboxylic acids is 1. The summed E-state index contributed by atoms with van der Waals surface area (Å²) in [5.74, 6) is -1.29. The third-order valence-electron chi connectivity index (χ3n) is 3.91. The first-order valence-corrected chi connectivity index (χ1v) is 6.99. The van der Waals surface area contributed by atoms with Gasteiger partial charge in [0.15, 0.2) is 0 Å². The molecule has 1 atom stereocenters. The third kappa shape index (κ3) is 4.43. The zero-order chi connectivity index (χ0) is 19.8. The topological polar surface area (TPSA) is 46.5 Å². The van der Waals surface area contributed by atoms with Crippen molar-refractivity contribution >= 4 is 5.97 Å². The molecule has 142 valence electrons. The fourth-order valence-electron chi connectivity index (χ4n) is 1.80. The van der Waals surface area contributed by atoms with E-state index in [1.165, 1.54) is 13.0 Å². The van der Waals surface area contributed by atoms with Crippen LogP contribution in [0.2, 0.25) is 0 Å². The Morgan fingerprint density at radius 1 is 0.958 bits per heavy atom. The number of allylic oxidation sites excluding steroid dienone is 1. The highest BCUT2D eigenvalue weighted by Crippen LogP contribution is 2.45. The van der Waals surface area contributed by atoms with Crippen LogP contribution in [0.3, 0.4) is 0 Å². The van der Waals surface area contributed by atoms with E-state index in [0.717, 1.165) is 0 Å². The number of rotatable bonds is 4. The summed E-state index contributed by atoms with van der Waals surface area (Å²) in [5, 5.41) is 9.04. The van der Waals surface area contributed by atoms with Crippen molar-refractivity contribution in [1.29, 1.82) is 0 Å². The lowest BCUT2D eigenvalue weighted by atomic mass is 9.67. The number of aliphatic hydroxyl groups is 1. The number of hydrogen-bond donors (Lipinski definition) is 1. The number of carbonyl (C=O) groups is 1. The number of esters is 1. The molecular formula is C15H22F6O3. The van der Waals surface area contributed by atoms with Crippen LogP contribution in [0.4, 0.5) is 26.3 Å². The largest absolute Gasteiger partial charge is 0.461 e. The van der Waals surface area contributed by atoms with Crippen LogP contribution in [0.25, 0.3) is 0 Å². The van der Waals surface area contributed by atoms with Crippen LogP contribution in [-0.4, -0.2) is 35.6 Å². The molecule has 0 aliphatic heterocycles. The fraction of sp³-hybridized carbons (Fsp3) is 0.800. The van der Waals surface area contributed by atoms with Gasteiger partial charge in [0.1, 0.15) is 6.61 Å². The molecule has 9 heteroatoms. The zero-order valence-electron chi connectivity index (χ0n) is 14.3. The quantitative estimate of drug-likeness (QED) is 0.457. The first-order chi connectivity index (χ1) is 10.3. The van der Waals surface area contributed by atoms with Crippen LogP contribution in [0.1, 0.15) is 41.5 Å². The highest BCUT2D eigenvalue weighted by Gasteiger charge is 2.71. The van der Waals surface area contributed by atoms with Gasteiger partial charge in [-0.25, -0.2) is 0 Å². The minimum atomic E-state index is -6.04.